The molecule has 1 unspecified atom stereocenters. The molecule has 1 aliphatic rings. The zero-order valence-corrected chi connectivity index (χ0v) is 18.7. The Labute approximate surface area is 173 Å². The molecule has 0 spiro atoms. The van der Waals surface area contributed by atoms with Crippen LogP contribution in [0.2, 0.25) is 0 Å². The Morgan fingerprint density at radius 3 is 2.92 bits per heavy atom. The maximum atomic E-state index is 5.67. The fourth-order valence-corrected chi connectivity index (χ4v) is 2.81. The SMILES string of the molecule is CCNC(=NCc1cc(C(C)C)no1)N1CCC(COCCOC)C1.I. The Kier molecular flexibility index (Phi) is 11.1. The van der Waals surface area contributed by atoms with E-state index >= 15 is 0 Å². The standard InChI is InChI=1S/C18H32N4O3.HI/c1-5-19-18(20-11-16-10-17(14(2)3)21-25-16)22-7-6-15(12-22)13-24-9-8-23-4;/h10,14-15H,5-9,11-13H2,1-4H3,(H,19,20);1H. The Balaban J connectivity index is 0.00000338. The number of hydrogen-bond acceptors (Lipinski definition) is 5. The van der Waals surface area contributed by atoms with Crippen LogP contribution in [0.15, 0.2) is 15.6 Å². The van der Waals surface area contributed by atoms with Crippen LogP contribution in [0.25, 0.3) is 0 Å². The summed E-state index contributed by atoms with van der Waals surface area (Å²) in [6.45, 7) is 11.7. The third kappa shape index (κ3) is 7.40. The second kappa shape index (κ2) is 12.5. The number of hydrogen-bond donors (Lipinski definition) is 1. The minimum Gasteiger partial charge on any atom is -0.382 e. The van der Waals surface area contributed by atoms with Gasteiger partial charge in [0.15, 0.2) is 11.7 Å². The molecule has 0 saturated carbocycles. The second-order valence-corrected chi connectivity index (χ2v) is 6.71. The number of methoxy groups -OCH3 is 1. The summed E-state index contributed by atoms with van der Waals surface area (Å²) >= 11 is 0. The number of nitrogens with zero attached hydrogens (tertiary/aromatic N) is 3. The van der Waals surface area contributed by atoms with Crippen molar-refractivity contribution in [1.29, 1.82) is 0 Å². The van der Waals surface area contributed by atoms with Crippen molar-refractivity contribution in [3.8, 4) is 0 Å². The van der Waals surface area contributed by atoms with E-state index in [-0.39, 0.29) is 24.0 Å². The highest BCUT2D eigenvalue weighted by atomic mass is 127. The van der Waals surface area contributed by atoms with Crippen molar-refractivity contribution in [2.75, 3.05) is 46.6 Å². The zero-order chi connectivity index (χ0) is 18.1. The number of nitrogens with one attached hydrogen (secondary N) is 1. The molecule has 1 fully saturated rings. The summed E-state index contributed by atoms with van der Waals surface area (Å²) in [6.07, 6.45) is 1.12. The van der Waals surface area contributed by atoms with E-state index in [4.69, 9.17) is 19.0 Å². The number of likely N-dealkylation sites (tertiary alicyclic amines) is 1. The molecule has 1 atom stereocenters. The molecule has 1 N–H and O–H groups in total. The van der Waals surface area contributed by atoms with E-state index in [1.165, 1.54) is 0 Å². The number of guanidine groups is 1. The molecule has 0 bridgehead atoms. The third-order valence-electron chi connectivity index (χ3n) is 4.26. The van der Waals surface area contributed by atoms with E-state index in [1.807, 2.05) is 6.07 Å². The van der Waals surface area contributed by atoms with Gasteiger partial charge in [0, 0.05) is 38.7 Å². The van der Waals surface area contributed by atoms with Crippen molar-refractivity contribution in [3.63, 3.8) is 0 Å². The molecule has 1 saturated heterocycles. The molecule has 8 heteroatoms. The molecular formula is C18H33IN4O3. The summed E-state index contributed by atoms with van der Waals surface area (Å²) in [7, 11) is 1.69. The number of rotatable bonds is 9. The van der Waals surface area contributed by atoms with Gasteiger partial charge in [0.05, 0.1) is 25.5 Å². The predicted octanol–water partition coefficient (Wildman–Crippen LogP) is 2.87. The van der Waals surface area contributed by atoms with Gasteiger partial charge in [0.25, 0.3) is 0 Å². The molecule has 0 aliphatic carbocycles. The van der Waals surface area contributed by atoms with Crippen molar-refractivity contribution < 1.29 is 14.0 Å². The first-order valence-corrected chi connectivity index (χ1v) is 9.19. The van der Waals surface area contributed by atoms with Crippen molar-refractivity contribution in [2.24, 2.45) is 10.9 Å². The first-order valence-electron chi connectivity index (χ1n) is 9.19. The van der Waals surface area contributed by atoms with Crippen LogP contribution in [-0.4, -0.2) is 62.6 Å². The van der Waals surface area contributed by atoms with Gasteiger partial charge in [0.2, 0.25) is 0 Å². The van der Waals surface area contributed by atoms with Gasteiger partial charge in [-0.25, -0.2) is 4.99 Å². The first-order chi connectivity index (χ1) is 12.1. The van der Waals surface area contributed by atoms with Gasteiger partial charge in [-0.1, -0.05) is 19.0 Å². The topological polar surface area (TPSA) is 72.1 Å². The van der Waals surface area contributed by atoms with Crippen LogP contribution in [0, 0.1) is 5.92 Å². The monoisotopic (exact) mass is 480 g/mol. The Morgan fingerprint density at radius 2 is 2.27 bits per heavy atom. The number of aromatic nitrogens is 1. The lowest BCUT2D eigenvalue weighted by molar-refractivity contribution is 0.0536. The first kappa shape index (κ1) is 23.2. The van der Waals surface area contributed by atoms with Crippen molar-refractivity contribution in [2.45, 2.75) is 39.7 Å². The van der Waals surface area contributed by atoms with E-state index in [0.717, 1.165) is 50.1 Å². The van der Waals surface area contributed by atoms with Crippen LogP contribution >= 0.6 is 24.0 Å². The van der Waals surface area contributed by atoms with Crippen molar-refractivity contribution in [3.05, 3.63) is 17.5 Å². The van der Waals surface area contributed by atoms with Gasteiger partial charge in [0.1, 0.15) is 6.54 Å². The predicted molar refractivity (Wildman–Crippen MR) is 113 cm³/mol. The van der Waals surface area contributed by atoms with Crippen LogP contribution in [0.3, 0.4) is 0 Å². The Hall–Kier alpha value is -0.870. The molecule has 0 amide bonds. The number of halogens is 1. The van der Waals surface area contributed by atoms with Crippen LogP contribution in [-0.2, 0) is 16.0 Å². The maximum Gasteiger partial charge on any atom is 0.194 e. The van der Waals surface area contributed by atoms with Crippen LogP contribution in [0.1, 0.15) is 44.6 Å². The second-order valence-electron chi connectivity index (χ2n) is 6.71. The lowest BCUT2D eigenvalue weighted by atomic mass is 10.1. The highest BCUT2D eigenvalue weighted by Crippen LogP contribution is 2.18. The summed E-state index contributed by atoms with van der Waals surface area (Å²) in [5.41, 5.74) is 0.977. The van der Waals surface area contributed by atoms with Crippen LogP contribution in [0.4, 0.5) is 0 Å². The average Bonchev–Trinajstić information content (AvgIpc) is 3.25. The normalized spacial score (nSPS) is 17.7. The zero-order valence-electron chi connectivity index (χ0n) is 16.4. The summed E-state index contributed by atoms with van der Waals surface area (Å²) in [5, 5.41) is 7.47. The van der Waals surface area contributed by atoms with Gasteiger partial charge in [-0.3, -0.25) is 0 Å². The van der Waals surface area contributed by atoms with E-state index in [1.54, 1.807) is 7.11 Å². The molecule has 1 aromatic rings. The molecule has 0 radical (unpaired) electrons. The van der Waals surface area contributed by atoms with E-state index in [2.05, 4.69) is 36.1 Å². The molecule has 7 nitrogen and oxygen atoms in total. The van der Waals surface area contributed by atoms with Crippen molar-refractivity contribution >= 4 is 29.9 Å². The molecule has 2 rings (SSSR count). The van der Waals surface area contributed by atoms with Gasteiger partial charge >= 0.3 is 0 Å². The molecule has 1 aromatic heterocycles. The molecule has 0 aromatic carbocycles. The van der Waals surface area contributed by atoms with Gasteiger partial charge in [-0.05, 0) is 19.3 Å². The lowest BCUT2D eigenvalue weighted by Crippen LogP contribution is -2.40. The van der Waals surface area contributed by atoms with E-state index < -0.39 is 0 Å². The summed E-state index contributed by atoms with van der Waals surface area (Å²) in [6, 6.07) is 1.99. The highest BCUT2D eigenvalue weighted by molar-refractivity contribution is 14.0. The van der Waals surface area contributed by atoms with Gasteiger partial charge in [-0.2, -0.15) is 0 Å². The summed E-state index contributed by atoms with van der Waals surface area (Å²) in [4.78, 5) is 7.02. The van der Waals surface area contributed by atoms with Gasteiger partial charge in [-0.15, -0.1) is 24.0 Å². The third-order valence-corrected chi connectivity index (χ3v) is 4.26. The fraction of sp³-hybridized carbons (Fsp3) is 0.778. The smallest absolute Gasteiger partial charge is 0.194 e. The average molecular weight is 480 g/mol. The maximum absolute atomic E-state index is 5.67. The van der Waals surface area contributed by atoms with E-state index in [0.29, 0.717) is 31.6 Å². The largest absolute Gasteiger partial charge is 0.382 e. The number of aliphatic imine (C=N–C) groups is 1. The van der Waals surface area contributed by atoms with Gasteiger partial charge < -0.3 is 24.2 Å². The van der Waals surface area contributed by atoms with Crippen molar-refractivity contribution in [1.82, 2.24) is 15.4 Å². The quantitative estimate of drug-likeness (QED) is 0.254. The Morgan fingerprint density at radius 1 is 1.46 bits per heavy atom. The fourth-order valence-electron chi connectivity index (χ4n) is 2.81. The molecule has 1 aliphatic heterocycles. The minimum absolute atomic E-state index is 0. The summed E-state index contributed by atoms with van der Waals surface area (Å²) < 4.78 is 16.1. The highest BCUT2D eigenvalue weighted by Gasteiger charge is 2.25. The lowest BCUT2D eigenvalue weighted by Gasteiger charge is -2.21. The van der Waals surface area contributed by atoms with E-state index in [9.17, 15) is 0 Å². The minimum atomic E-state index is 0. The molecule has 150 valence electrons. The molecule has 26 heavy (non-hydrogen) atoms. The van der Waals surface area contributed by atoms with Crippen LogP contribution < -0.4 is 5.32 Å². The Bertz CT molecular complexity index is 536. The molecular weight excluding hydrogens is 447 g/mol. The van der Waals surface area contributed by atoms with Crippen LogP contribution in [0.5, 0.6) is 0 Å². The summed E-state index contributed by atoms with van der Waals surface area (Å²) in [5.74, 6) is 2.65. The number of ether oxygens (including phenoxy) is 2. The molecule has 2 heterocycles.